The molecule has 136 valence electrons. The highest BCUT2D eigenvalue weighted by Gasteiger charge is 2.17. The summed E-state index contributed by atoms with van der Waals surface area (Å²) in [7, 11) is 4.87. The van der Waals surface area contributed by atoms with Crippen molar-refractivity contribution in [1.82, 2.24) is 20.1 Å². The van der Waals surface area contributed by atoms with Gasteiger partial charge in [0.1, 0.15) is 11.6 Å². The Bertz CT molecular complexity index is 715. The van der Waals surface area contributed by atoms with Gasteiger partial charge in [-0.1, -0.05) is 12.5 Å². The molecule has 0 unspecified atom stereocenters. The fourth-order valence-corrected chi connectivity index (χ4v) is 3.29. The molecular weight excluding hydrogens is 320 g/mol. The molecule has 1 aromatic carbocycles. The zero-order valence-electron chi connectivity index (χ0n) is 15.2. The molecular formula is C18H26N4O3. The maximum Gasteiger partial charge on any atom is 0.203 e. The van der Waals surface area contributed by atoms with Crippen molar-refractivity contribution in [1.29, 1.82) is 0 Å². The van der Waals surface area contributed by atoms with E-state index in [1.54, 1.807) is 21.3 Å². The fraction of sp³-hybridized carbons (Fsp3) is 0.556. The van der Waals surface area contributed by atoms with Gasteiger partial charge >= 0.3 is 0 Å². The average Bonchev–Trinajstić information content (AvgIpc) is 2.87. The van der Waals surface area contributed by atoms with E-state index < -0.39 is 0 Å². The van der Waals surface area contributed by atoms with Crippen molar-refractivity contribution in [2.75, 3.05) is 21.3 Å². The highest BCUT2D eigenvalue weighted by atomic mass is 16.5. The van der Waals surface area contributed by atoms with Gasteiger partial charge in [-0.15, -0.1) is 10.2 Å². The predicted molar refractivity (Wildman–Crippen MR) is 94.2 cm³/mol. The summed E-state index contributed by atoms with van der Waals surface area (Å²) >= 11 is 0. The first-order valence-corrected chi connectivity index (χ1v) is 8.68. The summed E-state index contributed by atoms with van der Waals surface area (Å²) < 4.78 is 18.5. The number of fused-ring (bicyclic) bond motifs is 1. The number of hydrogen-bond acceptors (Lipinski definition) is 6. The third kappa shape index (κ3) is 3.71. The van der Waals surface area contributed by atoms with E-state index in [1.807, 2.05) is 12.1 Å². The Morgan fingerprint density at radius 1 is 0.960 bits per heavy atom. The molecule has 0 radical (unpaired) electrons. The maximum absolute atomic E-state index is 5.53. The van der Waals surface area contributed by atoms with Crippen molar-refractivity contribution in [3.05, 3.63) is 29.3 Å². The van der Waals surface area contributed by atoms with Gasteiger partial charge in [0, 0.05) is 25.1 Å². The Hall–Kier alpha value is -2.28. The Morgan fingerprint density at radius 3 is 2.56 bits per heavy atom. The molecule has 2 heterocycles. The number of benzene rings is 1. The molecule has 7 heteroatoms. The summed E-state index contributed by atoms with van der Waals surface area (Å²) in [6.07, 6.45) is 4.69. The van der Waals surface area contributed by atoms with E-state index in [1.165, 1.54) is 19.3 Å². The quantitative estimate of drug-likeness (QED) is 0.830. The molecule has 1 aromatic heterocycles. The van der Waals surface area contributed by atoms with Crippen LogP contribution in [0.5, 0.6) is 17.2 Å². The lowest BCUT2D eigenvalue weighted by Gasteiger charge is -2.16. The van der Waals surface area contributed by atoms with Gasteiger partial charge in [-0.3, -0.25) is 0 Å². The number of nitrogens with zero attached hydrogens (tertiary/aromatic N) is 3. The van der Waals surface area contributed by atoms with E-state index >= 15 is 0 Å². The Morgan fingerprint density at radius 2 is 1.80 bits per heavy atom. The fourth-order valence-electron chi connectivity index (χ4n) is 3.29. The number of aryl methyl sites for hydroxylation is 1. The van der Waals surface area contributed by atoms with Crippen LogP contribution in [0.25, 0.3) is 0 Å². The van der Waals surface area contributed by atoms with E-state index in [2.05, 4.69) is 20.1 Å². The first-order valence-electron chi connectivity index (χ1n) is 8.68. The highest BCUT2D eigenvalue weighted by molar-refractivity contribution is 5.55. The van der Waals surface area contributed by atoms with Gasteiger partial charge in [0.2, 0.25) is 5.75 Å². The lowest BCUT2D eigenvalue weighted by atomic mass is 10.1. The third-order valence-corrected chi connectivity index (χ3v) is 4.57. The lowest BCUT2D eigenvalue weighted by molar-refractivity contribution is 0.321. The molecule has 0 atom stereocenters. The molecule has 0 aliphatic carbocycles. The number of aromatic nitrogens is 3. The summed E-state index contributed by atoms with van der Waals surface area (Å²) in [6, 6.07) is 3.87. The van der Waals surface area contributed by atoms with Crippen molar-refractivity contribution >= 4 is 0 Å². The standard InChI is InChI=1S/C18H26N4O3/c1-23-14-9-8-13(17(24-2)18(14)25-3)11-19-12-16-21-20-15-7-5-4-6-10-22(15)16/h8-9,19H,4-7,10-12H2,1-3H3. The number of hydrogen-bond donors (Lipinski definition) is 1. The SMILES string of the molecule is COc1ccc(CNCc2nnc3n2CCCCC3)c(OC)c1OC. The summed E-state index contributed by atoms with van der Waals surface area (Å²) in [4.78, 5) is 0. The van der Waals surface area contributed by atoms with Crippen LogP contribution in [-0.2, 0) is 26.1 Å². The van der Waals surface area contributed by atoms with E-state index in [-0.39, 0.29) is 0 Å². The number of nitrogens with one attached hydrogen (secondary N) is 1. The molecule has 0 bridgehead atoms. The first-order chi connectivity index (χ1) is 12.3. The monoisotopic (exact) mass is 346 g/mol. The summed E-state index contributed by atoms with van der Waals surface area (Å²) in [6.45, 7) is 2.33. The van der Waals surface area contributed by atoms with Gasteiger partial charge in [0.05, 0.1) is 27.9 Å². The van der Waals surface area contributed by atoms with Crippen LogP contribution in [0.3, 0.4) is 0 Å². The molecule has 7 nitrogen and oxygen atoms in total. The molecule has 1 N–H and O–H groups in total. The van der Waals surface area contributed by atoms with Crippen LogP contribution in [0.1, 0.15) is 36.5 Å². The van der Waals surface area contributed by atoms with E-state index in [0.29, 0.717) is 30.3 Å². The van der Waals surface area contributed by atoms with E-state index in [9.17, 15) is 0 Å². The minimum absolute atomic E-state index is 0.612. The average molecular weight is 346 g/mol. The number of methoxy groups -OCH3 is 3. The van der Waals surface area contributed by atoms with Gasteiger partial charge in [-0.25, -0.2) is 0 Å². The minimum Gasteiger partial charge on any atom is -0.493 e. The summed E-state index contributed by atoms with van der Waals surface area (Å²) in [5, 5.41) is 12.1. The largest absolute Gasteiger partial charge is 0.493 e. The van der Waals surface area contributed by atoms with Gasteiger partial charge in [-0.05, 0) is 18.9 Å². The molecule has 0 amide bonds. The van der Waals surface area contributed by atoms with Gasteiger partial charge in [0.25, 0.3) is 0 Å². The van der Waals surface area contributed by atoms with Crippen molar-refractivity contribution in [2.24, 2.45) is 0 Å². The van der Waals surface area contributed by atoms with E-state index in [4.69, 9.17) is 14.2 Å². The molecule has 0 saturated heterocycles. The number of ether oxygens (including phenoxy) is 3. The molecule has 1 aliphatic heterocycles. The summed E-state index contributed by atoms with van der Waals surface area (Å²) in [5.74, 6) is 4.07. The molecule has 1 aliphatic rings. The van der Waals surface area contributed by atoms with Gasteiger partial charge in [0.15, 0.2) is 11.5 Å². The topological polar surface area (TPSA) is 70.4 Å². The minimum atomic E-state index is 0.612. The first kappa shape index (κ1) is 17.5. The second kappa shape index (κ2) is 8.20. The molecule has 0 spiro atoms. The van der Waals surface area contributed by atoms with Crippen molar-refractivity contribution < 1.29 is 14.2 Å². The second-order valence-electron chi connectivity index (χ2n) is 6.09. The Kier molecular flexibility index (Phi) is 5.75. The smallest absolute Gasteiger partial charge is 0.203 e. The predicted octanol–water partition coefficient (Wildman–Crippen LogP) is 2.32. The van der Waals surface area contributed by atoms with Crippen LogP contribution < -0.4 is 19.5 Å². The molecule has 2 aromatic rings. The van der Waals surface area contributed by atoms with E-state index in [0.717, 1.165) is 30.2 Å². The van der Waals surface area contributed by atoms with Crippen molar-refractivity contribution in [3.8, 4) is 17.2 Å². The lowest BCUT2D eigenvalue weighted by Crippen LogP contribution is -2.18. The van der Waals surface area contributed by atoms with Crippen molar-refractivity contribution in [2.45, 2.75) is 45.3 Å². The Labute approximate surface area is 148 Å². The van der Waals surface area contributed by atoms with Gasteiger partial charge in [-0.2, -0.15) is 0 Å². The summed E-state index contributed by atoms with van der Waals surface area (Å²) in [5.41, 5.74) is 1.01. The zero-order valence-corrected chi connectivity index (χ0v) is 15.2. The third-order valence-electron chi connectivity index (χ3n) is 4.57. The van der Waals surface area contributed by atoms with Crippen LogP contribution in [0.15, 0.2) is 12.1 Å². The van der Waals surface area contributed by atoms with Crippen LogP contribution >= 0.6 is 0 Å². The van der Waals surface area contributed by atoms with Crippen LogP contribution in [0, 0.1) is 0 Å². The molecule has 0 saturated carbocycles. The number of rotatable bonds is 7. The van der Waals surface area contributed by atoms with Gasteiger partial charge < -0.3 is 24.1 Å². The highest BCUT2D eigenvalue weighted by Crippen LogP contribution is 2.39. The Balaban J connectivity index is 1.69. The second-order valence-corrected chi connectivity index (χ2v) is 6.09. The van der Waals surface area contributed by atoms with Crippen LogP contribution in [0.2, 0.25) is 0 Å². The molecule has 25 heavy (non-hydrogen) atoms. The molecule has 3 rings (SSSR count). The normalized spacial score (nSPS) is 13.9. The van der Waals surface area contributed by atoms with Crippen LogP contribution in [-0.4, -0.2) is 36.1 Å². The zero-order chi connectivity index (χ0) is 17.6. The molecule has 0 fully saturated rings. The van der Waals surface area contributed by atoms with Crippen LogP contribution in [0.4, 0.5) is 0 Å². The van der Waals surface area contributed by atoms with Crippen molar-refractivity contribution in [3.63, 3.8) is 0 Å². The maximum atomic E-state index is 5.53.